The summed E-state index contributed by atoms with van der Waals surface area (Å²) in [5.41, 5.74) is 2.18. The molecule has 8 heteroatoms. The molecule has 1 aromatic carbocycles. The van der Waals surface area contributed by atoms with Crippen molar-refractivity contribution in [1.29, 1.82) is 0 Å². The lowest BCUT2D eigenvalue weighted by Gasteiger charge is -2.06. The molecule has 7 nitrogen and oxygen atoms in total. The van der Waals surface area contributed by atoms with E-state index in [2.05, 4.69) is 20.2 Å². The Morgan fingerprint density at radius 1 is 1.08 bits per heavy atom. The summed E-state index contributed by atoms with van der Waals surface area (Å²) >= 11 is 0. The second-order valence-electron chi connectivity index (χ2n) is 5.31. The first kappa shape index (κ1) is 15.0. The van der Waals surface area contributed by atoms with E-state index in [9.17, 15) is 9.50 Å². The van der Waals surface area contributed by atoms with Crippen molar-refractivity contribution in [2.75, 3.05) is 0 Å². The maximum Gasteiger partial charge on any atom is 0.180 e. The van der Waals surface area contributed by atoms with Crippen LogP contribution in [0.15, 0.2) is 59.6 Å². The van der Waals surface area contributed by atoms with Crippen LogP contribution in [0.2, 0.25) is 0 Å². The Morgan fingerprint density at radius 3 is 2.60 bits per heavy atom. The zero-order chi connectivity index (χ0) is 17.2. The molecule has 3 aromatic heterocycles. The van der Waals surface area contributed by atoms with E-state index in [0.717, 1.165) is 0 Å². The van der Waals surface area contributed by atoms with Crippen LogP contribution in [0.1, 0.15) is 5.56 Å². The van der Waals surface area contributed by atoms with Crippen LogP contribution in [0.5, 0.6) is 5.75 Å². The van der Waals surface area contributed by atoms with Gasteiger partial charge in [0.1, 0.15) is 23.5 Å². The first-order valence-corrected chi connectivity index (χ1v) is 7.44. The zero-order valence-corrected chi connectivity index (χ0v) is 12.9. The van der Waals surface area contributed by atoms with Crippen molar-refractivity contribution in [3.63, 3.8) is 0 Å². The number of benzene rings is 1. The highest BCUT2D eigenvalue weighted by molar-refractivity contribution is 5.62. The molecule has 4 aromatic rings. The molecule has 25 heavy (non-hydrogen) atoms. The molecule has 0 aliphatic heterocycles. The Labute approximate surface area is 141 Å². The van der Waals surface area contributed by atoms with Gasteiger partial charge in [-0.05, 0) is 12.1 Å². The molecule has 0 aliphatic rings. The normalized spacial score (nSPS) is 10.9. The first-order chi connectivity index (χ1) is 12.2. The molecule has 124 valence electrons. The molecule has 0 bridgehead atoms. The molecule has 3 heterocycles. The maximum atomic E-state index is 14.0. The molecule has 0 aliphatic carbocycles. The smallest absolute Gasteiger partial charge is 0.180 e. The van der Waals surface area contributed by atoms with Gasteiger partial charge in [-0.25, -0.2) is 14.4 Å². The molecular weight excluding hydrogens is 325 g/mol. The Bertz CT molecular complexity index is 996. The zero-order valence-electron chi connectivity index (χ0n) is 12.9. The summed E-state index contributed by atoms with van der Waals surface area (Å²) in [5.74, 6) is -0.00683. The second-order valence-corrected chi connectivity index (χ2v) is 5.31. The second kappa shape index (κ2) is 6.16. The number of aromatic hydroxyl groups is 1. The maximum absolute atomic E-state index is 14.0. The average molecular weight is 337 g/mol. The van der Waals surface area contributed by atoms with Crippen LogP contribution in [0.3, 0.4) is 0 Å². The Morgan fingerprint density at radius 2 is 1.88 bits per heavy atom. The number of nitrogens with zero attached hydrogens (tertiary/aromatic N) is 5. The largest absolute Gasteiger partial charge is 0.505 e. The summed E-state index contributed by atoms with van der Waals surface area (Å²) in [6, 6.07) is 9.93. The number of aromatic nitrogens is 5. The third-order valence-electron chi connectivity index (χ3n) is 3.63. The first-order valence-electron chi connectivity index (χ1n) is 7.44. The van der Waals surface area contributed by atoms with Crippen molar-refractivity contribution in [3.8, 4) is 28.7 Å². The van der Waals surface area contributed by atoms with Crippen molar-refractivity contribution >= 4 is 0 Å². The topological polar surface area (TPSA) is 89.9 Å². The van der Waals surface area contributed by atoms with E-state index in [-0.39, 0.29) is 18.1 Å². The van der Waals surface area contributed by atoms with Gasteiger partial charge in [0.15, 0.2) is 11.6 Å². The molecule has 0 fully saturated rings. The van der Waals surface area contributed by atoms with Gasteiger partial charge in [-0.1, -0.05) is 23.4 Å². The Kier molecular flexibility index (Phi) is 3.70. The van der Waals surface area contributed by atoms with Gasteiger partial charge < -0.3 is 9.63 Å². The third kappa shape index (κ3) is 2.97. The highest BCUT2D eigenvalue weighted by atomic mass is 19.1. The fraction of sp³-hybridized carbons (Fsp3) is 0.0588. The molecule has 0 saturated carbocycles. The monoisotopic (exact) mass is 337 g/mol. The molecule has 0 atom stereocenters. The van der Waals surface area contributed by atoms with Gasteiger partial charge >= 0.3 is 0 Å². The molecule has 0 saturated heterocycles. The van der Waals surface area contributed by atoms with Crippen LogP contribution >= 0.6 is 0 Å². The van der Waals surface area contributed by atoms with Crippen LogP contribution in [-0.2, 0) is 6.54 Å². The van der Waals surface area contributed by atoms with E-state index < -0.39 is 0 Å². The highest BCUT2D eigenvalue weighted by Crippen LogP contribution is 2.25. The van der Waals surface area contributed by atoms with E-state index >= 15 is 0 Å². The van der Waals surface area contributed by atoms with Gasteiger partial charge in [0.05, 0.1) is 24.6 Å². The molecule has 0 spiro atoms. The average Bonchev–Trinajstić information content (AvgIpc) is 3.27. The van der Waals surface area contributed by atoms with Crippen LogP contribution < -0.4 is 0 Å². The Hall–Kier alpha value is -3.55. The highest BCUT2D eigenvalue weighted by Gasteiger charge is 2.16. The minimum Gasteiger partial charge on any atom is -0.505 e. The van der Waals surface area contributed by atoms with Gasteiger partial charge in [0.25, 0.3) is 0 Å². The van der Waals surface area contributed by atoms with Gasteiger partial charge in [-0.3, -0.25) is 4.68 Å². The summed E-state index contributed by atoms with van der Waals surface area (Å²) in [7, 11) is 0. The number of halogens is 1. The van der Waals surface area contributed by atoms with Crippen molar-refractivity contribution < 1.29 is 14.0 Å². The van der Waals surface area contributed by atoms with Crippen LogP contribution in [0.4, 0.5) is 4.39 Å². The third-order valence-corrected chi connectivity index (χ3v) is 3.63. The van der Waals surface area contributed by atoms with E-state index in [1.807, 2.05) is 0 Å². The van der Waals surface area contributed by atoms with Crippen molar-refractivity contribution in [1.82, 2.24) is 24.9 Å². The van der Waals surface area contributed by atoms with Crippen LogP contribution in [0.25, 0.3) is 22.9 Å². The fourth-order valence-electron chi connectivity index (χ4n) is 2.44. The summed E-state index contributed by atoms with van der Waals surface area (Å²) in [6.07, 6.45) is 4.02. The molecule has 4 rings (SSSR count). The van der Waals surface area contributed by atoms with Gasteiger partial charge in [0.2, 0.25) is 0 Å². The van der Waals surface area contributed by atoms with Crippen LogP contribution in [-0.4, -0.2) is 30.0 Å². The summed E-state index contributed by atoms with van der Waals surface area (Å²) < 4.78 is 20.5. The fourth-order valence-corrected chi connectivity index (χ4v) is 2.44. The van der Waals surface area contributed by atoms with Crippen molar-refractivity contribution in [3.05, 3.63) is 66.4 Å². The predicted molar refractivity (Wildman–Crippen MR) is 85.9 cm³/mol. The standard InChI is InChI=1S/C17H12FN5O2/c18-13-4-2-1-3-11(13)10-23-16(14-5-6-25-22-14)7-15(21-23)17-19-8-12(24)9-20-17/h1-9,24H,10H2. The van der Waals surface area contributed by atoms with Gasteiger partial charge in [0, 0.05) is 11.6 Å². The molecule has 0 unspecified atom stereocenters. The van der Waals surface area contributed by atoms with E-state index in [0.29, 0.717) is 28.5 Å². The molecule has 0 amide bonds. The van der Waals surface area contributed by atoms with Gasteiger partial charge in [-0.2, -0.15) is 5.10 Å². The van der Waals surface area contributed by atoms with Crippen LogP contribution in [0, 0.1) is 5.82 Å². The van der Waals surface area contributed by atoms with E-state index in [1.54, 1.807) is 35.0 Å². The van der Waals surface area contributed by atoms with Crippen molar-refractivity contribution in [2.24, 2.45) is 0 Å². The summed E-state index contributed by atoms with van der Waals surface area (Å²) in [5, 5.41) is 17.7. The predicted octanol–water partition coefficient (Wildman–Crippen LogP) is 2.89. The molecule has 1 N–H and O–H groups in total. The van der Waals surface area contributed by atoms with Crippen molar-refractivity contribution in [2.45, 2.75) is 6.54 Å². The number of hydrogen-bond donors (Lipinski definition) is 1. The minimum atomic E-state index is -0.313. The SMILES string of the molecule is Oc1cnc(-c2cc(-c3ccon3)n(Cc3ccccc3F)n2)nc1. The molecular formula is C17H12FN5O2. The van der Waals surface area contributed by atoms with E-state index in [1.165, 1.54) is 24.7 Å². The van der Waals surface area contributed by atoms with E-state index in [4.69, 9.17) is 4.52 Å². The number of rotatable bonds is 4. The summed E-state index contributed by atoms with van der Waals surface area (Å²) in [4.78, 5) is 8.11. The minimum absolute atomic E-state index is 0.0359. The quantitative estimate of drug-likeness (QED) is 0.616. The Balaban J connectivity index is 1.79. The lowest BCUT2D eigenvalue weighted by molar-refractivity contribution is 0.421. The lowest BCUT2D eigenvalue weighted by Crippen LogP contribution is -2.06. The lowest BCUT2D eigenvalue weighted by atomic mass is 10.2. The summed E-state index contributed by atoms with van der Waals surface area (Å²) in [6.45, 7) is 0.215. The molecule has 0 radical (unpaired) electrons. The number of hydrogen-bond acceptors (Lipinski definition) is 6. The van der Waals surface area contributed by atoms with Gasteiger partial charge in [-0.15, -0.1) is 0 Å².